The van der Waals surface area contributed by atoms with E-state index in [4.69, 9.17) is 5.11 Å². The van der Waals surface area contributed by atoms with Crippen LogP contribution in [0.1, 0.15) is 21.5 Å². The molecule has 2 rings (SSSR count). The highest BCUT2D eigenvalue weighted by atomic mass is 19.1. The fraction of sp³-hybridized carbons (Fsp3) is 0.125. The minimum atomic E-state index is -0.357. The van der Waals surface area contributed by atoms with Gasteiger partial charge in [-0.1, -0.05) is 11.8 Å². The van der Waals surface area contributed by atoms with Gasteiger partial charge in [0.05, 0.1) is 5.56 Å². The predicted molar refractivity (Wildman–Crippen MR) is 77.3 cm³/mol. The number of amides is 1. The quantitative estimate of drug-likeness (QED) is 0.830. The molecule has 0 saturated heterocycles. The lowest BCUT2D eigenvalue weighted by Crippen LogP contribution is -2.13. The molecule has 4 nitrogen and oxygen atoms in total. The Morgan fingerprint density at radius 1 is 1.38 bits per heavy atom. The minimum absolute atomic E-state index is 0.259. The Bertz CT molecular complexity index is 733. The molecule has 0 aliphatic heterocycles. The van der Waals surface area contributed by atoms with Gasteiger partial charge in [-0.15, -0.1) is 0 Å². The maximum Gasteiger partial charge on any atom is 0.257 e. The van der Waals surface area contributed by atoms with Gasteiger partial charge in [0.15, 0.2) is 0 Å². The van der Waals surface area contributed by atoms with Crippen molar-refractivity contribution in [3.8, 4) is 11.8 Å². The number of rotatable bonds is 2. The maximum absolute atomic E-state index is 13.0. The summed E-state index contributed by atoms with van der Waals surface area (Å²) in [4.78, 5) is 16.1. The normalized spacial score (nSPS) is 9.67. The molecule has 2 aromatic rings. The van der Waals surface area contributed by atoms with Crippen LogP contribution >= 0.6 is 0 Å². The molecule has 1 amide bonds. The van der Waals surface area contributed by atoms with Crippen LogP contribution < -0.4 is 5.32 Å². The number of hydrogen-bond acceptors (Lipinski definition) is 3. The van der Waals surface area contributed by atoms with Crippen molar-refractivity contribution in [2.24, 2.45) is 0 Å². The summed E-state index contributed by atoms with van der Waals surface area (Å²) >= 11 is 0. The summed E-state index contributed by atoms with van der Waals surface area (Å²) in [7, 11) is 0. The van der Waals surface area contributed by atoms with Gasteiger partial charge in [0.25, 0.3) is 5.91 Å². The van der Waals surface area contributed by atoms with Gasteiger partial charge in [-0.2, -0.15) is 0 Å². The summed E-state index contributed by atoms with van der Waals surface area (Å²) < 4.78 is 13.0. The zero-order chi connectivity index (χ0) is 15.2. The number of carbonyl (C=O) groups is 1. The molecule has 0 aliphatic carbocycles. The molecule has 1 aromatic heterocycles. The van der Waals surface area contributed by atoms with Crippen molar-refractivity contribution in [3.05, 3.63) is 59.2 Å². The zero-order valence-corrected chi connectivity index (χ0v) is 11.4. The number of aromatic nitrogens is 1. The number of aliphatic hydroxyl groups excluding tert-OH is 1. The number of benzene rings is 1. The Morgan fingerprint density at radius 3 is 2.90 bits per heavy atom. The van der Waals surface area contributed by atoms with Crippen molar-refractivity contribution in [1.29, 1.82) is 0 Å². The lowest BCUT2D eigenvalue weighted by molar-refractivity contribution is 0.102. The summed E-state index contributed by atoms with van der Waals surface area (Å²) in [5, 5.41) is 11.3. The van der Waals surface area contributed by atoms with Crippen LogP contribution in [0.25, 0.3) is 0 Å². The van der Waals surface area contributed by atoms with E-state index < -0.39 is 0 Å². The van der Waals surface area contributed by atoms with Gasteiger partial charge in [0.1, 0.15) is 12.4 Å². The Hall–Kier alpha value is -2.71. The third-order valence-corrected chi connectivity index (χ3v) is 2.75. The molecule has 0 radical (unpaired) electrons. The van der Waals surface area contributed by atoms with E-state index in [-0.39, 0.29) is 18.3 Å². The zero-order valence-electron chi connectivity index (χ0n) is 11.4. The number of nitrogens with one attached hydrogen (secondary N) is 1. The predicted octanol–water partition coefficient (Wildman–Crippen LogP) is 2.13. The third kappa shape index (κ3) is 3.88. The second-order valence-corrected chi connectivity index (χ2v) is 4.34. The second-order valence-electron chi connectivity index (χ2n) is 4.34. The van der Waals surface area contributed by atoms with Gasteiger partial charge in [-0.05, 0) is 36.8 Å². The Balaban J connectivity index is 2.20. The second kappa shape index (κ2) is 6.64. The molecular weight excluding hydrogens is 271 g/mol. The molecule has 5 heteroatoms. The van der Waals surface area contributed by atoms with Crippen LogP contribution in [0.15, 0.2) is 36.7 Å². The molecule has 0 saturated carbocycles. The van der Waals surface area contributed by atoms with Gasteiger partial charge in [0, 0.05) is 23.6 Å². The van der Waals surface area contributed by atoms with Crippen molar-refractivity contribution in [1.82, 2.24) is 4.98 Å². The number of aryl methyl sites for hydroxylation is 1. The first-order chi connectivity index (χ1) is 10.1. The van der Waals surface area contributed by atoms with Crippen LogP contribution in [-0.2, 0) is 0 Å². The highest BCUT2D eigenvalue weighted by Crippen LogP contribution is 2.16. The number of carbonyl (C=O) groups excluding carboxylic acids is 1. The van der Waals surface area contributed by atoms with Gasteiger partial charge in [-0.25, -0.2) is 4.39 Å². The van der Waals surface area contributed by atoms with Gasteiger partial charge in [-0.3, -0.25) is 9.78 Å². The number of halogens is 1. The smallest absolute Gasteiger partial charge is 0.257 e. The van der Waals surface area contributed by atoms with Crippen LogP contribution in [0.5, 0.6) is 0 Å². The van der Waals surface area contributed by atoms with Gasteiger partial charge in [0.2, 0.25) is 0 Å². The van der Waals surface area contributed by atoms with Crippen LogP contribution in [-0.4, -0.2) is 22.6 Å². The molecule has 0 atom stereocenters. The van der Waals surface area contributed by atoms with Gasteiger partial charge < -0.3 is 10.4 Å². The molecule has 0 unspecified atom stereocenters. The molecule has 2 N–H and O–H groups in total. The van der Waals surface area contributed by atoms with E-state index >= 15 is 0 Å². The largest absolute Gasteiger partial charge is 0.384 e. The Kier molecular flexibility index (Phi) is 4.64. The lowest BCUT2D eigenvalue weighted by Gasteiger charge is -2.08. The fourth-order valence-electron chi connectivity index (χ4n) is 1.74. The van der Waals surface area contributed by atoms with E-state index in [1.165, 1.54) is 30.6 Å². The molecule has 1 heterocycles. The number of pyridine rings is 1. The van der Waals surface area contributed by atoms with Crippen molar-refractivity contribution >= 4 is 11.6 Å². The highest BCUT2D eigenvalue weighted by molar-refractivity contribution is 6.04. The topological polar surface area (TPSA) is 62.2 Å². The lowest BCUT2D eigenvalue weighted by atomic mass is 10.1. The van der Waals surface area contributed by atoms with E-state index in [9.17, 15) is 9.18 Å². The molecular formula is C16H13FN2O2. The summed E-state index contributed by atoms with van der Waals surface area (Å²) in [5.74, 6) is 4.46. The number of nitrogens with zero attached hydrogens (tertiary/aromatic N) is 1. The summed E-state index contributed by atoms with van der Waals surface area (Å²) in [6.45, 7) is 1.45. The number of aliphatic hydroxyl groups is 1. The average molecular weight is 284 g/mol. The van der Waals surface area contributed by atoms with Crippen LogP contribution in [0.2, 0.25) is 0 Å². The van der Waals surface area contributed by atoms with E-state index in [2.05, 4.69) is 22.1 Å². The standard InChI is InChI=1S/C16H13FN2O2/c1-11-7-14(17)4-5-15(11)19-16(21)13-8-12(3-2-6-20)9-18-10-13/h4-5,7-10,20H,6H2,1H3,(H,19,21). The molecule has 21 heavy (non-hydrogen) atoms. The van der Waals surface area contributed by atoms with Crippen LogP contribution in [0.4, 0.5) is 10.1 Å². The first kappa shape index (κ1) is 14.7. The minimum Gasteiger partial charge on any atom is -0.384 e. The van der Waals surface area contributed by atoms with Crippen molar-refractivity contribution in [3.63, 3.8) is 0 Å². The molecule has 106 valence electrons. The maximum atomic E-state index is 13.0. The Labute approximate surface area is 121 Å². The fourth-order valence-corrected chi connectivity index (χ4v) is 1.74. The molecule has 1 aromatic carbocycles. The summed E-state index contributed by atoms with van der Waals surface area (Å²) in [6, 6.07) is 5.70. The SMILES string of the molecule is Cc1cc(F)ccc1NC(=O)c1cncc(C#CCO)c1. The Morgan fingerprint density at radius 2 is 2.19 bits per heavy atom. The van der Waals surface area contributed by atoms with E-state index in [1.807, 2.05) is 0 Å². The number of anilines is 1. The van der Waals surface area contributed by atoms with E-state index in [0.717, 1.165) is 0 Å². The van der Waals surface area contributed by atoms with Gasteiger partial charge >= 0.3 is 0 Å². The first-order valence-corrected chi connectivity index (χ1v) is 6.22. The first-order valence-electron chi connectivity index (χ1n) is 6.22. The number of hydrogen-bond donors (Lipinski definition) is 2. The van der Waals surface area contributed by atoms with Crippen LogP contribution in [0.3, 0.4) is 0 Å². The highest BCUT2D eigenvalue weighted by Gasteiger charge is 2.09. The summed E-state index contributed by atoms with van der Waals surface area (Å²) in [6.07, 6.45) is 2.92. The molecule has 0 bridgehead atoms. The van der Waals surface area contributed by atoms with Crippen molar-refractivity contribution in [2.45, 2.75) is 6.92 Å². The third-order valence-electron chi connectivity index (χ3n) is 2.75. The monoisotopic (exact) mass is 284 g/mol. The molecule has 0 spiro atoms. The van der Waals surface area contributed by atoms with Crippen LogP contribution in [0, 0.1) is 24.6 Å². The van der Waals surface area contributed by atoms with Crippen molar-refractivity contribution in [2.75, 3.05) is 11.9 Å². The van der Waals surface area contributed by atoms with E-state index in [0.29, 0.717) is 22.4 Å². The molecule has 0 fully saturated rings. The average Bonchev–Trinajstić information content (AvgIpc) is 2.48. The van der Waals surface area contributed by atoms with Crippen molar-refractivity contribution < 1.29 is 14.3 Å². The summed E-state index contributed by atoms with van der Waals surface area (Å²) in [5.41, 5.74) is 2.04. The van der Waals surface area contributed by atoms with E-state index in [1.54, 1.807) is 13.0 Å². The molecule has 0 aliphatic rings.